The monoisotopic (exact) mass is 318 g/mol. The molecule has 5 nitrogen and oxygen atoms in total. The molecule has 1 heterocycles. The smallest absolute Gasteiger partial charge is 0.313 e. The first-order chi connectivity index (χ1) is 8.97. The Labute approximate surface area is 122 Å². The van der Waals surface area contributed by atoms with Crippen molar-refractivity contribution in [2.24, 2.45) is 0 Å². The van der Waals surface area contributed by atoms with Gasteiger partial charge in [0.15, 0.2) is 0 Å². The summed E-state index contributed by atoms with van der Waals surface area (Å²) < 4.78 is 5.38. The first kappa shape index (κ1) is 13.9. The summed E-state index contributed by atoms with van der Waals surface area (Å²) >= 11 is 17.2. The Balaban J connectivity index is 2.44. The van der Waals surface area contributed by atoms with E-state index < -0.39 is 4.92 Å². The summed E-state index contributed by atoms with van der Waals surface area (Å²) in [4.78, 5) is 14.1. The Morgan fingerprint density at radius 3 is 2.47 bits per heavy atom. The molecule has 0 aliphatic rings. The summed E-state index contributed by atoms with van der Waals surface area (Å²) in [6.07, 6.45) is 1.42. The maximum absolute atomic E-state index is 10.9. The molecule has 98 valence electrons. The third kappa shape index (κ3) is 3.26. The fourth-order valence-electron chi connectivity index (χ4n) is 1.32. The van der Waals surface area contributed by atoms with Gasteiger partial charge in [-0.15, -0.1) is 0 Å². The highest BCUT2D eigenvalue weighted by Gasteiger charge is 2.19. The van der Waals surface area contributed by atoms with Crippen LogP contribution in [0.2, 0.25) is 15.2 Å². The molecule has 0 saturated heterocycles. The lowest BCUT2D eigenvalue weighted by atomic mass is 10.3. The second-order valence-corrected chi connectivity index (χ2v) is 4.61. The van der Waals surface area contributed by atoms with E-state index in [-0.39, 0.29) is 26.6 Å². The van der Waals surface area contributed by atoms with Gasteiger partial charge in [0, 0.05) is 24.4 Å². The van der Waals surface area contributed by atoms with E-state index in [1.165, 1.54) is 24.4 Å². The highest BCUT2D eigenvalue weighted by atomic mass is 35.5. The van der Waals surface area contributed by atoms with E-state index in [9.17, 15) is 10.1 Å². The molecule has 19 heavy (non-hydrogen) atoms. The van der Waals surface area contributed by atoms with Gasteiger partial charge in [-0.05, 0) is 6.07 Å². The number of nitro benzene ring substituents is 1. The minimum absolute atomic E-state index is 0.0262. The number of hydrogen-bond acceptors (Lipinski definition) is 4. The number of ether oxygens (including phenoxy) is 1. The standard InChI is InChI=1S/C11H5Cl3N2O3/c12-7-4-9(16(17)18)10(5-8(7)13)19-6-1-2-15-11(14)3-6/h1-5H. The highest BCUT2D eigenvalue weighted by molar-refractivity contribution is 6.42. The van der Waals surface area contributed by atoms with Crippen molar-refractivity contribution in [1.29, 1.82) is 0 Å². The summed E-state index contributed by atoms with van der Waals surface area (Å²) in [6, 6.07) is 5.34. The highest BCUT2D eigenvalue weighted by Crippen LogP contribution is 2.38. The Morgan fingerprint density at radius 1 is 1.16 bits per heavy atom. The molecule has 1 aromatic carbocycles. The number of aromatic nitrogens is 1. The van der Waals surface area contributed by atoms with Crippen LogP contribution in [0.25, 0.3) is 0 Å². The molecule has 2 aromatic rings. The lowest BCUT2D eigenvalue weighted by molar-refractivity contribution is -0.385. The van der Waals surface area contributed by atoms with Crippen molar-refractivity contribution in [3.8, 4) is 11.5 Å². The zero-order valence-electron chi connectivity index (χ0n) is 9.14. The number of rotatable bonds is 3. The summed E-state index contributed by atoms with van der Waals surface area (Å²) in [7, 11) is 0. The number of hydrogen-bond donors (Lipinski definition) is 0. The van der Waals surface area contributed by atoms with Crippen molar-refractivity contribution < 1.29 is 9.66 Å². The Kier molecular flexibility index (Phi) is 4.09. The van der Waals surface area contributed by atoms with Gasteiger partial charge >= 0.3 is 5.69 Å². The summed E-state index contributed by atoms with van der Waals surface area (Å²) in [5, 5.41) is 11.4. The van der Waals surface area contributed by atoms with Crippen LogP contribution in [0.5, 0.6) is 11.5 Å². The molecular formula is C11H5Cl3N2O3. The molecule has 0 atom stereocenters. The molecule has 0 saturated carbocycles. The van der Waals surface area contributed by atoms with Crippen molar-refractivity contribution in [2.75, 3.05) is 0 Å². The predicted molar refractivity (Wildman–Crippen MR) is 72.4 cm³/mol. The summed E-state index contributed by atoms with van der Waals surface area (Å²) in [5.74, 6) is 0.281. The molecule has 0 fully saturated rings. The molecule has 0 N–H and O–H groups in total. The molecule has 0 unspecified atom stereocenters. The quantitative estimate of drug-likeness (QED) is 0.465. The average Bonchev–Trinajstić information content (AvgIpc) is 2.33. The van der Waals surface area contributed by atoms with Gasteiger partial charge < -0.3 is 4.74 Å². The maximum atomic E-state index is 10.9. The fraction of sp³-hybridized carbons (Fsp3) is 0. The van der Waals surface area contributed by atoms with Gasteiger partial charge in [-0.3, -0.25) is 10.1 Å². The van der Waals surface area contributed by atoms with Crippen LogP contribution in [-0.2, 0) is 0 Å². The largest absolute Gasteiger partial charge is 0.450 e. The van der Waals surface area contributed by atoms with E-state index in [0.717, 1.165) is 6.07 Å². The van der Waals surface area contributed by atoms with Crippen LogP contribution < -0.4 is 4.74 Å². The minimum Gasteiger partial charge on any atom is -0.450 e. The lowest BCUT2D eigenvalue weighted by Gasteiger charge is -2.07. The average molecular weight is 320 g/mol. The SMILES string of the molecule is O=[N+]([O-])c1cc(Cl)c(Cl)cc1Oc1ccnc(Cl)c1. The molecule has 0 radical (unpaired) electrons. The molecule has 0 aliphatic heterocycles. The molecule has 0 aliphatic carbocycles. The molecule has 0 amide bonds. The van der Waals surface area contributed by atoms with E-state index in [0.29, 0.717) is 5.75 Å². The Bertz CT molecular complexity index is 649. The second-order valence-electron chi connectivity index (χ2n) is 3.41. The molecular weight excluding hydrogens is 314 g/mol. The topological polar surface area (TPSA) is 65.3 Å². The van der Waals surface area contributed by atoms with Crippen LogP contribution >= 0.6 is 34.8 Å². The first-order valence-electron chi connectivity index (χ1n) is 4.90. The lowest BCUT2D eigenvalue weighted by Crippen LogP contribution is -1.94. The van der Waals surface area contributed by atoms with Crippen LogP contribution in [0.15, 0.2) is 30.5 Å². The van der Waals surface area contributed by atoms with Crippen molar-refractivity contribution in [2.45, 2.75) is 0 Å². The molecule has 1 aromatic heterocycles. The van der Waals surface area contributed by atoms with Gasteiger partial charge in [-0.1, -0.05) is 34.8 Å². The number of nitro groups is 1. The van der Waals surface area contributed by atoms with Crippen LogP contribution in [0, 0.1) is 10.1 Å². The van der Waals surface area contributed by atoms with Crippen molar-refractivity contribution >= 4 is 40.5 Å². The summed E-state index contributed by atoms with van der Waals surface area (Å²) in [6.45, 7) is 0. The number of pyridine rings is 1. The van der Waals surface area contributed by atoms with Gasteiger partial charge in [-0.25, -0.2) is 4.98 Å². The van der Waals surface area contributed by atoms with E-state index in [2.05, 4.69) is 4.98 Å². The van der Waals surface area contributed by atoms with Crippen LogP contribution in [0.4, 0.5) is 5.69 Å². The Hall–Kier alpha value is -1.56. The zero-order chi connectivity index (χ0) is 14.0. The number of halogens is 3. The third-order valence-electron chi connectivity index (χ3n) is 2.12. The van der Waals surface area contributed by atoms with Gasteiger partial charge in [0.1, 0.15) is 10.9 Å². The van der Waals surface area contributed by atoms with E-state index >= 15 is 0 Å². The molecule has 2 rings (SSSR count). The molecule has 0 bridgehead atoms. The van der Waals surface area contributed by atoms with Crippen LogP contribution in [0.1, 0.15) is 0 Å². The normalized spacial score (nSPS) is 10.3. The minimum atomic E-state index is -0.611. The first-order valence-corrected chi connectivity index (χ1v) is 6.03. The Morgan fingerprint density at radius 2 is 1.84 bits per heavy atom. The second kappa shape index (κ2) is 5.61. The van der Waals surface area contributed by atoms with Crippen molar-refractivity contribution in [3.05, 3.63) is 55.8 Å². The molecule has 8 heteroatoms. The third-order valence-corrected chi connectivity index (χ3v) is 3.05. The molecule has 0 spiro atoms. The zero-order valence-corrected chi connectivity index (χ0v) is 11.4. The van der Waals surface area contributed by atoms with Gasteiger partial charge in [-0.2, -0.15) is 0 Å². The van der Waals surface area contributed by atoms with Gasteiger partial charge in [0.05, 0.1) is 15.0 Å². The maximum Gasteiger partial charge on any atom is 0.313 e. The predicted octanol–water partition coefficient (Wildman–Crippen LogP) is 4.74. The van der Waals surface area contributed by atoms with E-state index in [1.807, 2.05) is 0 Å². The van der Waals surface area contributed by atoms with Gasteiger partial charge in [0.2, 0.25) is 5.75 Å². The van der Waals surface area contributed by atoms with Crippen molar-refractivity contribution in [3.63, 3.8) is 0 Å². The van der Waals surface area contributed by atoms with Crippen molar-refractivity contribution in [1.82, 2.24) is 4.98 Å². The van der Waals surface area contributed by atoms with E-state index in [4.69, 9.17) is 39.5 Å². The summed E-state index contributed by atoms with van der Waals surface area (Å²) in [5.41, 5.74) is -0.290. The fourth-order valence-corrected chi connectivity index (χ4v) is 1.79. The van der Waals surface area contributed by atoms with E-state index in [1.54, 1.807) is 0 Å². The van der Waals surface area contributed by atoms with Crippen LogP contribution in [0.3, 0.4) is 0 Å². The van der Waals surface area contributed by atoms with Crippen LogP contribution in [-0.4, -0.2) is 9.91 Å². The number of benzene rings is 1. The van der Waals surface area contributed by atoms with Gasteiger partial charge in [0.25, 0.3) is 0 Å². The number of nitrogens with zero attached hydrogens (tertiary/aromatic N) is 2.